The largest absolute Gasteiger partial charge is 0.250 e. The maximum Gasteiger partial charge on any atom is 0.250 e. The average Bonchev–Trinajstić information content (AvgIpc) is 3.01. The molecule has 3 rings (SSSR count). The monoisotopic (exact) mass is 422 g/mol. The van der Waals surface area contributed by atoms with Crippen LogP contribution in [0.2, 0.25) is 5.02 Å². The highest BCUT2D eigenvalue weighted by Gasteiger charge is 2.19. The molecule has 0 unspecified atom stereocenters. The van der Waals surface area contributed by atoms with Crippen LogP contribution in [-0.2, 0) is 16.6 Å². The zero-order chi connectivity index (χ0) is 15.0. The van der Waals surface area contributed by atoms with Gasteiger partial charge in [-0.25, -0.2) is 18.1 Å². The third-order valence-electron chi connectivity index (χ3n) is 2.64. The highest BCUT2D eigenvalue weighted by atomic mass is 79.9. The minimum Gasteiger partial charge on any atom is -0.240 e. The van der Waals surface area contributed by atoms with Gasteiger partial charge in [-0.05, 0) is 34.1 Å². The summed E-state index contributed by atoms with van der Waals surface area (Å²) in [5.41, 5.74) is 0.874. The van der Waals surface area contributed by atoms with Crippen LogP contribution >= 0.6 is 50.2 Å². The van der Waals surface area contributed by atoms with Crippen molar-refractivity contribution in [1.29, 1.82) is 0 Å². The van der Waals surface area contributed by atoms with Crippen LogP contribution in [0.4, 0.5) is 0 Å². The van der Waals surface area contributed by atoms with E-state index >= 15 is 0 Å². The summed E-state index contributed by atoms with van der Waals surface area (Å²) in [6.45, 7) is 0.162. The van der Waals surface area contributed by atoms with Crippen LogP contribution in [0.1, 0.15) is 5.01 Å². The molecular weight excluding hydrogens is 416 g/mol. The summed E-state index contributed by atoms with van der Waals surface area (Å²) < 4.78 is 28.7. The number of hydrogen-bond donors (Lipinski definition) is 1. The second-order valence-electron chi connectivity index (χ2n) is 4.09. The van der Waals surface area contributed by atoms with Crippen molar-refractivity contribution in [3.63, 3.8) is 0 Å². The first kappa shape index (κ1) is 15.4. The second kappa shape index (κ2) is 5.94. The molecule has 0 amide bonds. The lowest BCUT2D eigenvalue weighted by atomic mass is 10.3. The van der Waals surface area contributed by atoms with E-state index < -0.39 is 10.0 Å². The van der Waals surface area contributed by atoms with Crippen molar-refractivity contribution in [1.82, 2.24) is 9.71 Å². The lowest BCUT2D eigenvalue weighted by Gasteiger charge is -2.01. The van der Waals surface area contributed by atoms with Crippen LogP contribution in [0.3, 0.4) is 0 Å². The number of benzene rings is 1. The molecule has 0 saturated carbocycles. The normalized spacial score (nSPS) is 12.1. The second-order valence-corrected chi connectivity index (χ2v) is 9.97. The zero-order valence-corrected chi connectivity index (χ0v) is 15.1. The number of rotatable bonds is 4. The quantitative estimate of drug-likeness (QED) is 0.682. The molecule has 0 bridgehead atoms. The lowest BCUT2D eigenvalue weighted by Crippen LogP contribution is -2.22. The fraction of sp³-hybridized carbons (Fsp3) is 0.0833. The van der Waals surface area contributed by atoms with Gasteiger partial charge < -0.3 is 0 Å². The third kappa shape index (κ3) is 3.30. The van der Waals surface area contributed by atoms with E-state index in [2.05, 4.69) is 25.6 Å². The molecule has 0 aliphatic carbocycles. The first-order valence-electron chi connectivity index (χ1n) is 5.75. The number of fused-ring (bicyclic) bond motifs is 1. The van der Waals surface area contributed by atoms with E-state index in [1.807, 2.05) is 24.3 Å². The van der Waals surface area contributed by atoms with E-state index in [1.54, 1.807) is 0 Å². The number of nitrogens with zero attached hydrogens (tertiary/aromatic N) is 1. The molecule has 4 nitrogen and oxygen atoms in total. The van der Waals surface area contributed by atoms with Crippen LogP contribution < -0.4 is 4.72 Å². The molecular formula is C12H8BrClN2O2S3. The van der Waals surface area contributed by atoms with Gasteiger partial charge >= 0.3 is 0 Å². The molecule has 2 aromatic heterocycles. The smallest absolute Gasteiger partial charge is 0.240 e. The van der Waals surface area contributed by atoms with E-state index in [9.17, 15) is 8.42 Å². The van der Waals surface area contributed by atoms with E-state index in [0.29, 0.717) is 8.81 Å². The fourth-order valence-corrected chi connectivity index (χ4v) is 6.11. The minimum absolute atomic E-state index is 0.162. The highest BCUT2D eigenvalue weighted by Crippen LogP contribution is 2.34. The van der Waals surface area contributed by atoms with Crippen molar-refractivity contribution < 1.29 is 8.42 Å². The first-order valence-corrected chi connectivity index (χ1v) is 10.0. The Hall–Kier alpha value is -0.510. The van der Waals surface area contributed by atoms with Crippen LogP contribution in [0.15, 0.2) is 38.3 Å². The number of sulfonamides is 1. The summed E-state index contributed by atoms with van der Waals surface area (Å²) in [6, 6.07) is 9.12. The molecule has 9 heteroatoms. The molecule has 2 heterocycles. The number of aromatic nitrogens is 1. The molecule has 3 aromatic rings. The number of thiophene rings is 1. The molecule has 0 radical (unpaired) electrons. The Morgan fingerprint density at radius 2 is 2.05 bits per heavy atom. The SMILES string of the molecule is O=S(=O)(NCc1nc2ccccc2s1)c1cc(Cl)c(Br)s1. The number of nitrogens with one attached hydrogen (secondary N) is 1. The Labute approximate surface area is 143 Å². The highest BCUT2D eigenvalue weighted by molar-refractivity contribution is 9.11. The fourth-order valence-electron chi connectivity index (χ4n) is 1.68. The van der Waals surface area contributed by atoms with Gasteiger partial charge in [0, 0.05) is 0 Å². The summed E-state index contributed by atoms with van der Waals surface area (Å²) in [4.78, 5) is 4.39. The Morgan fingerprint density at radius 3 is 2.71 bits per heavy atom. The molecule has 0 atom stereocenters. The van der Waals surface area contributed by atoms with Gasteiger partial charge in [-0.3, -0.25) is 0 Å². The zero-order valence-electron chi connectivity index (χ0n) is 10.3. The van der Waals surface area contributed by atoms with Gasteiger partial charge in [0.15, 0.2) is 0 Å². The Morgan fingerprint density at radius 1 is 1.29 bits per heavy atom. The Balaban J connectivity index is 1.80. The predicted molar refractivity (Wildman–Crippen MR) is 90.7 cm³/mol. The summed E-state index contributed by atoms with van der Waals surface area (Å²) >= 11 is 11.6. The van der Waals surface area contributed by atoms with Gasteiger partial charge in [0.1, 0.15) is 9.22 Å². The van der Waals surface area contributed by atoms with Gasteiger partial charge in [-0.2, -0.15) is 0 Å². The molecule has 0 fully saturated rings. The van der Waals surface area contributed by atoms with Gasteiger partial charge in [0.25, 0.3) is 10.0 Å². The number of halogens is 2. The average molecular weight is 424 g/mol. The predicted octanol–water partition coefficient (Wildman–Crippen LogP) is 4.25. The van der Waals surface area contributed by atoms with Crippen molar-refractivity contribution in [2.45, 2.75) is 10.8 Å². The van der Waals surface area contributed by atoms with Crippen LogP contribution in [0.25, 0.3) is 10.2 Å². The summed E-state index contributed by atoms with van der Waals surface area (Å²) in [7, 11) is -3.58. The van der Waals surface area contributed by atoms with Crippen molar-refractivity contribution in [3.05, 3.63) is 44.1 Å². The van der Waals surface area contributed by atoms with Crippen LogP contribution in [0, 0.1) is 0 Å². The lowest BCUT2D eigenvalue weighted by molar-refractivity contribution is 0.583. The third-order valence-corrected chi connectivity index (χ3v) is 8.02. The first-order chi connectivity index (χ1) is 9.95. The van der Waals surface area contributed by atoms with E-state index in [1.165, 1.54) is 17.4 Å². The molecule has 0 aliphatic rings. The molecule has 21 heavy (non-hydrogen) atoms. The Kier molecular flexibility index (Phi) is 4.35. The van der Waals surface area contributed by atoms with Gasteiger partial charge in [-0.15, -0.1) is 22.7 Å². The number of hydrogen-bond acceptors (Lipinski definition) is 5. The van der Waals surface area contributed by atoms with Gasteiger partial charge in [0.2, 0.25) is 0 Å². The number of para-hydroxylation sites is 1. The van der Waals surface area contributed by atoms with Gasteiger partial charge in [-0.1, -0.05) is 23.7 Å². The Bertz CT molecular complexity index is 852. The molecule has 1 aromatic carbocycles. The minimum atomic E-state index is -3.58. The van der Waals surface area contributed by atoms with E-state index in [-0.39, 0.29) is 10.8 Å². The van der Waals surface area contributed by atoms with Crippen LogP contribution in [0.5, 0.6) is 0 Å². The summed E-state index contributed by atoms with van der Waals surface area (Å²) in [5, 5.41) is 1.11. The summed E-state index contributed by atoms with van der Waals surface area (Å²) in [6.07, 6.45) is 0. The van der Waals surface area contributed by atoms with Gasteiger partial charge in [0.05, 0.1) is 25.6 Å². The molecule has 0 saturated heterocycles. The van der Waals surface area contributed by atoms with Crippen molar-refractivity contribution >= 4 is 70.4 Å². The van der Waals surface area contributed by atoms with Crippen molar-refractivity contribution in [3.8, 4) is 0 Å². The maximum atomic E-state index is 12.2. The topological polar surface area (TPSA) is 59.1 Å². The van der Waals surface area contributed by atoms with Crippen molar-refractivity contribution in [2.75, 3.05) is 0 Å². The maximum absolute atomic E-state index is 12.2. The van der Waals surface area contributed by atoms with E-state index in [4.69, 9.17) is 11.6 Å². The number of thiazole rings is 1. The molecule has 0 aliphatic heterocycles. The van der Waals surface area contributed by atoms with Crippen LogP contribution in [-0.4, -0.2) is 13.4 Å². The van der Waals surface area contributed by atoms with Crippen molar-refractivity contribution in [2.24, 2.45) is 0 Å². The van der Waals surface area contributed by atoms with E-state index in [0.717, 1.165) is 26.6 Å². The summed E-state index contributed by atoms with van der Waals surface area (Å²) in [5.74, 6) is 0. The standard InChI is InChI=1S/C12H8BrClN2O2S3/c13-12-7(14)5-11(20-12)21(17,18)15-6-10-16-8-3-1-2-4-9(8)19-10/h1-5,15H,6H2. The molecule has 1 N–H and O–H groups in total. The molecule has 110 valence electrons. The molecule has 0 spiro atoms.